The van der Waals surface area contributed by atoms with Gasteiger partial charge in [0.25, 0.3) is 5.91 Å². The number of nitrogens with zero attached hydrogens (tertiary/aromatic N) is 1. The Morgan fingerprint density at radius 3 is 2.48 bits per heavy atom. The zero-order valence-electron chi connectivity index (χ0n) is 12.0. The van der Waals surface area contributed by atoms with Gasteiger partial charge in [0.05, 0.1) is 17.2 Å². The SMILES string of the molecule is COC1CCC2(CC1)NC(=O)C(c1ccccc1)=C2N=O. The number of hydrogen-bond acceptors (Lipinski definition) is 4. The lowest BCUT2D eigenvalue weighted by Gasteiger charge is -2.36. The van der Waals surface area contributed by atoms with Crippen LogP contribution < -0.4 is 5.32 Å². The van der Waals surface area contributed by atoms with Crippen LogP contribution in [0.25, 0.3) is 5.57 Å². The summed E-state index contributed by atoms with van der Waals surface area (Å²) in [4.78, 5) is 23.8. The molecule has 0 radical (unpaired) electrons. The summed E-state index contributed by atoms with van der Waals surface area (Å²) in [6.07, 6.45) is 3.21. The van der Waals surface area contributed by atoms with Crippen molar-refractivity contribution in [1.29, 1.82) is 0 Å². The molecule has 110 valence electrons. The highest BCUT2D eigenvalue weighted by Crippen LogP contribution is 2.43. The van der Waals surface area contributed by atoms with E-state index in [0.717, 1.165) is 18.4 Å². The molecule has 0 saturated heterocycles. The van der Waals surface area contributed by atoms with E-state index in [1.54, 1.807) is 7.11 Å². The number of nitroso groups, excluding NO2 is 1. The molecule has 1 saturated carbocycles. The first kappa shape index (κ1) is 13.9. The molecule has 3 rings (SSSR count). The maximum Gasteiger partial charge on any atom is 0.254 e. The van der Waals surface area contributed by atoms with Gasteiger partial charge in [-0.1, -0.05) is 30.3 Å². The molecule has 0 unspecified atom stereocenters. The van der Waals surface area contributed by atoms with E-state index < -0.39 is 5.54 Å². The first-order chi connectivity index (χ1) is 10.2. The Morgan fingerprint density at radius 1 is 1.24 bits per heavy atom. The van der Waals surface area contributed by atoms with E-state index in [2.05, 4.69) is 10.5 Å². The van der Waals surface area contributed by atoms with Crippen molar-refractivity contribution < 1.29 is 9.53 Å². The summed E-state index contributed by atoms with van der Waals surface area (Å²) in [5.41, 5.74) is 0.907. The van der Waals surface area contributed by atoms with Gasteiger partial charge in [-0.15, -0.1) is 4.91 Å². The molecule has 1 aliphatic carbocycles. The van der Waals surface area contributed by atoms with Crippen molar-refractivity contribution in [3.8, 4) is 0 Å². The third kappa shape index (κ3) is 2.27. The fourth-order valence-electron chi connectivity index (χ4n) is 3.37. The van der Waals surface area contributed by atoms with Crippen LogP contribution in [0.5, 0.6) is 0 Å². The number of carbonyl (C=O) groups is 1. The minimum absolute atomic E-state index is 0.196. The van der Waals surface area contributed by atoms with Crippen LogP contribution in [0.1, 0.15) is 31.2 Å². The van der Waals surface area contributed by atoms with Crippen LogP contribution in [0.15, 0.2) is 41.2 Å². The molecule has 1 amide bonds. The van der Waals surface area contributed by atoms with E-state index in [-0.39, 0.29) is 12.0 Å². The highest BCUT2D eigenvalue weighted by atomic mass is 16.5. The summed E-state index contributed by atoms with van der Waals surface area (Å²) in [7, 11) is 1.69. The normalized spacial score (nSPS) is 28.8. The fraction of sp³-hybridized carbons (Fsp3) is 0.438. The van der Waals surface area contributed by atoms with Crippen molar-refractivity contribution in [3.63, 3.8) is 0 Å². The number of rotatable bonds is 3. The van der Waals surface area contributed by atoms with E-state index in [4.69, 9.17) is 4.74 Å². The summed E-state index contributed by atoms with van der Waals surface area (Å²) in [5.74, 6) is -0.202. The maximum atomic E-state index is 12.4. The second-order valence-corrected chi connectivity index (χ2v) is 5.65. The molecule has 1 aromatic carbocycles. The summed E-state index contributed by atoms with van der Waals surface area (Å²) < 4.78 is 5.36. The van der Waals surface area contributed by atoms with E-state index in [0.29, 0.717) is 24.1 Å². The second kappa shape index (κ2) is 5.41. The van der Waals surface area contributed by atoms with Gasteiger partial charge >= 0.3 is 0 Å². The molecular formula is C16H18N2O3. The first-order valence-electron chi connectivity index (χ1n) is 7.19. The molecule has 1 aliphatic heterocycles. The van der Waals surface area contributed by atoms with Crippen LogP contribution in [0.3, 0.4) is 0 Å². The third-order valence-corrected chi connectivity index (χ3v) is 4.54. The predicted molar refractivity (Wildman–Crippen MR) is 79.3 cm³/mol. The molecule has 0 aromatic heterocycles. The number of nitrogens with one attached hydrogen (secondary N) is 1. The summed E-state index contributed by atoms with van der Waals surface area (Å²) in [6.45, 7) is 0. The van der Waals surface area contributed by atoms with Gasteiger partial charge in [-0.3, -0.25) is 4.79 Å². The minimum atomic E-state index is -0.612. The molecule has 1 N–H and O–H groups in total. The number of ether oxygens (including phenoxy) is 1. The van der Waals surface area contributed by atoms with E-state index in [1.165, 1.54) is 0 Å². The van der Waals surface area contributed by atoms with Gasteiger partial charge in [-0.2, -0.15) is 0 Å². The molecular weight excluding hydrogens is 268 g/mol. The zero-order valence-corrected chi connectivity index (χ0v) is 12.0. The van der Waals surface area contributed by atoms with Gasteiger partial charge in [-0.05, 0) is 36.4 Å². The van der Waals surface area contributed by atoms with E-state index in [9.17, 15) is 9.70 Å². The van der Waals surface area contributed by atoms with Gasteiger partial charge < -0.3 is 10.1 Å². The Balaban J connectivity index is 2.00. The van der Waals surface area contributed by atoms with Crippen LogP contribution in [0, 0.1) is 4.91 Å². The Morgan fingerprint density at radius 2 is 1.90 bits per heavy atom. The van der Waals surface area contributed by atoms with Crippen LogP contribution >= 0.6 is 0 Å². The highest BCUT2D eigenvalue weighted by Gasteiger charge is 2.48. The van der Waals surface area contributed by atoms with Crippen LogP contribution in [-0.4, -0.2) is 24.7 Å². The van der Waals surface area contributed by atoms with Gasteiger partial charge in [0.1, 0.15) is 5.70 Å². The minimum Gasteiger partial charge on any atom is -0.381 e. The second-order valence-electron chi connectivity index (χ2n) is 5.65. The van der Waals surface area contributed by atoms with E-state index >= 15 is 0 Å². The average Bonchev–Trinajstić information content (AvgIpc) is 2.80. The average molecular weight is 286 g/mol. The van der Waals surface area contributed by atoms with Crippen LogP contribution in [0.2, 0.25) is 0 Å². The van der Waals surface area contributed by atoms with Crippen molar-refractivity contribution in [2.45, 2.75) is 37.3 Å². The summed E-state index contributed by atoms with van der Waals surface area (Å²) in [5, 5.41) is 6.23. The van der Waals surface area contributed by atoms with Gasteiger partial charge in [0, 0.05) is 7.11 Å². The topological polar surface area (TPSA) is 67.8 Å². The lowest BCUT2D eigenvalue weighted by atomic mass is 9.78. The molecule has 2 aliphatic rings. The highest BCUT2D eigenvalue weighted by molar-refractivity contribution is 6.23. The number of carbonyl (C=O) groups excluding carboxylic acids is 1. The molecule has 1 aromatic rings. The number of methoxy groups -OCH3 is 1. The molecule has 1 fully saturated rings. The van der Waals surface area contributed by atoms with Crippen LogP contribution in [-0.2, 0) is 9.53 Å². The Bertz CT molecular complexity index is 587. The smallest absolute Gasteiger partial charge is 0.254 e. The summed E-state index contributed by atoms with van der Waals surface area (Å²) >= 11 is 0. The molecule has 0 atom stereocenters. The molecule has 0 bridgehead atoms. The Hall–Kier alpha value is -2.01. The Labute approximate surface area is 123 Å². The van der Waals surface area contributed by atoms with Crippen molar-refractivity contribution in [3.05, 3.63) is 46.5 Å². The molecule has 1 heterocycles. The molecule has 21 heavy (non-hydrogen) atoms. The fourth-order valence-corrected chi connectivity index (χ4v) is 3.37. The predicted octanol–water partition coefficient (Wildman–Crippen LogP) is 2.62. The molecule has 5 heteroatoms. The lowest BCUT2D eigenvalue weighted by molar-refractivity contribution is -0.116. The summed E-state index contributed by atoms with van der Waals surface area (Å²) in [6, 6.07) is 9.25. The van der Waals surface area contributed by atoms with Crippen molar-refractivity contribution >= 4 is 11.5 Å². The third-order valence-electron chi connectivity index (χ3n) is 4.54. The maximum absolute atomic E-state index is 12.4. The zero-order chi connectivity index (χ0) is 14.9. The van der Waals surface area contributed by atoms with Crippen molar-refractivity contribution in [1.82, 2.24) is 5.32 Å². The molecule has 5 nitrogen and oxygen atoms in total. The standard InChI is InChI=1S/C16H18N2O3/c1-21-12-7-9-16(10-8-12)14(18-20)13(15(19)17-16)11-5-3-2-4-6-11/h2-6,12H,7-10H2,1H3,(H,17,19). The quantitative estimate of drug-likeness (QED) is 0.868. The number of amides is 1. The van der Waals surface area contributed by atoms with Gasteiger partial charge in [0.15, 0.2) is 0 Å². The van der Waals surface area contributed by atoms with Crippen molar-refractivity contribution in [2.75, 3.05) is 7.11 Å². The number of benzene rings is 1. The van der Waals surface area contributed by atoms with Gasteiger partial charge in [-0.25, -0.2) is 0 Å². The largest absolute Gasteiger partial charge is 0.381 e. The molecule has 1 spiro atoms. The van der Waals surface area contributed by atoms with Crippen molar-refractivity contribution in [2.24, 2.45) is 5.18 Å². The van der Waals surface area contributed by atoms with Crippen LogP contribution in [0.4, 0.5) is 0 Å². The Kier molecular flexibility index (Phi) is 3.59. The van der Waals surface area contributed by atoms with Gasteiger partial charge in [0.2, 0.25) is 0 Å². The number of hydrogen-bond donors (Lipinski definition) is 1. The van der Waals surface area contributed by atoms with E-state index in [1.807, 2.05) is 30.3 Å². The monoisotopic (exact) mass is 286 g/mol. The lowest BCUT2D eigenvalue weighted by Crippen LogP contribution is -2.48. The first-order valence-corrected chi connectivity index (χ1v) is 7.19.